The molecule has 0 amide bonds. The van der Waals surface area contributed by atoms with Crippen LogP contribution in [0.3, 0.4) is 0 Å². The number of carbonyl (C=O) groups excluding carboxylic acids is 1. The molecule has 0 aliphatic rings. The number of rotatable bonds is 3. The van der Waals surface area contributed by atoms with Gasteiger partial charge in [-0.1, -0.05) is 0 Å². The van der Waals surface area contributed by atoms with E-state index in [2.05, 4.69) is 5.10 Å². The first-order valence-corrected chi connectivity index (χ1v) is 9.41. The van der Waals surface area contributed by atoms with Crippen LogP contribution in [0, 0.1) is 0 Å². The molecule has 0 bridgehead atoms. The van der Waals surface area contributed by atoms with Crippen molar-refractivity contribution in [2.45, 2.75) is 26.4 Å². The predicted octanol–water partition coefficient (Wildman–Crippen LogP) is 0.392. The topological polar surface area (TPSA) is 116 Å². The summed E-state index contributed by atoms with van der Waals surface area (Å²) in [6.07, 6.45) is 1.71. The number of hydrogen-bond donors (Lipinski definition) is 0. The molecule has 21 heavy (non-hydrogen) atoms. The molecular weight excluding hydrogens is 322 g/mol. The van der Waals surface area contributed by atoms with Crippen molar-refractivity contribution >= 4 is 32.0 Å². The molecule has 120 valence electrons. The van der Waals surface area contributed by atoms with Crippen LogP contribution in [0.2, 0.25) is 0 Å². The van der Waals surface area contributed by atoms with Crippen molar-refractivity contribution in [3.8, 4) is 0 Å². The lowest BCUT2D eigenvalue weighted by atomic mass is 10.2. The van der Waals surface area contributed by atoms with Crippen molar-refractivity contribution in [1.82, 2.24) is 9.78 Å². The molecule has 0 spiro atoms. The highest BCUT2D eigenvalue weighted by atomic mass is 32.3. The monoisotopic (exact) mass is 339 g/mol. The van der Waals surface area contributed by atoms with Gasteiger partial charge in [0.1, 0.15) is 5.60 Å². The number of sulfonamides is 2. The van der Waals surface area contributed by atoms with Gasteiger partial charge in [0.15, 0.2) is 5.82 Å². The van der Waals surface area contributed by atoms with Gasteiger partial charge in [0.05, 0.1) is 12.5 Å². The lowest BCUT2D eigenvalue weighted by Gasteiger charge is -2.19. The fourth-order valence-corrected chi connectivity index (χ4v) is 4.25. The van der Waals surface area contributed by atoms with Crippen molar-refractivity contribution in [2.75, 3.05) is 16.2 Å². The summed E-state index contributed by atoms with van der Waals surface area (Å²) in [4.78, 5) is 11.8. The third-order valence-electron chi connectivity index (χ3n) is 1.95. The maximum atomic E-state index is 11.8. The highest BCUT2D eigenvalue weighted by Gasteiger charge is 2.30. The highest BCUT2D eigenvalue weighted by molar-refractivity contribution is 8.09. The molecule has 11 heteroatoms. The quantitative estimate of drug-likeness (QED) is 0.782. The van der Waals surface area contributed by atoms with Crippen LogP contribution in [-0.2, 0) is 24.8 Å². The van der Waals surface area contributed by atoms with Gasteiger partial charge in [-0.15, -0.1) is 8.81 Å². The predicted molar refractivity (Wildman–Crippen MR) is 76.0 cm³/mol. The molecule has 1 heterocycles. The van der Waals surface area contributed by atoms with Crippen LogP contribution in [0.1, 0.15) is 20.8 Å². The minimum Gasteiger partial charge on any atom is -0.442 e. The van der Waals surface area contributed by atoms with Crippen LogP contribution in [0.25, 0.3) is 0 Å². The largest absolute Gasteiger partial charge is 0.442 e. The average Bonchev–Trinajstić information content (AvgIpc) is 2.58. The van der Waals surface area contributed by atoms with Gasteiger partial charge in [-0.3, -0.25) is 0 Å². The lowest BCUT2D eigenvalue weighted by Crippen LogP contribution is -2.36. The molecule has 0 aromatic carbocycles. The summed E-state index contributed by atoms with van der Waals surface area (Å²) in [6, 6.07) is 1.09. The third-order valence-corrected chi connectivity index (χ3v) is 5.15. The summed E-state index contributed by atoms with van der Waals surface area (Å²) in [5, 5.41) is 3.64. The van der Waals surface area contributed by atoms with E-state index in [1.165, 1.54) is 0 Å². The molecule has 0 saturated carbocycles. The molecule has 0 aliphatic carbocycles. The molecule has 0 radical (unpaired) electrons. The van der Waals surface area contributed by atoms with E-state index in [-0.39, 0.29) is 3.71 Å². The Morgan fingerprint density at radius 2 is 1.67 bits per heavy atom. The maximum absolute atomic E-state index is 11.8. The summed E-state index contributed by atoms with van der Waals surface area (Å²) in [5.41, 5.74) is -0.767. The highest BCUT2D eigenvalue weighted by Crippen LogP contribution is 2.18. The standard InChI is InChI=1S/C10H17N3O6S2/c1-10(2,3)19-9(14)12-7-6-8(11-12)13(20(4,15)16)21(5,17)18/h6-7H,1-5H3. The van der Waals surface area contributed by atoms with Crippen molar-refractivity contribution in [1.29, 1.82) is 0 Å². The molecule has 0 fully saturated rings. The number of carbonyl (C=O) groups is 1. The Morgan fingerprint density at radius 1 is 1.19 bits per heavy atom. The first kappa shape index (κ1) is 17.4. The van der Waals surface area contributed by atoms with E-state index in [0.29, 0.717) is 0 Å². The lowest BCUT2D eigenvalue weighted by molar-refractivity contribution is 0.0515. The number of hydrogen-bond acceptors (Lipinski definition) is 7. The van der Waals surface area contributed by atoms with Gasteiger partial charge < -0.3 is 4.74 Å². The number of nitrogens with zero attached hydrogens (tertiary/aromatic N) is 3. The zero-order chi connectivity index (χ0) is 16.6. The molecule has 1 aromatic rings. The Labute approximate surface area is 123 Å². The van der Waals surface area contributed by atoms with Gasteiger partial charge >= 0.3 is 6.09 Å². The van der Waals surface area contributed by atoms with Crippen molar-refractivity contribution in [2.24, 2.45) is 0 Å². The zero-order valence-corrected chi connectivity index (χ0v) is 13.9. The Hall–Kier alpha value is -1.62. The average molecular weight is 339 g/mol. The normalized spacial score (nSPS) is 13.0. The van der Waals surface area contributed by atoms with E-state index < -0.39 is 37.6 Å². The van der Waals surface area contributed by atoms with Gasteiger partial charge in [0, 0.05) is 12.3 Å². The van der Waals surface area contributed by atoms with Crippen LogP contribution in [0.15, 0.2) is 12.3 Å². The molecule has 0 unspecified atom stereocenters. The fraction of sp³-hybridized carbons (Fsp3) is 0.600. The van der Waals surface area contributed by atoms with Crippen molar-refractivity contribution < 1.29 is 26.4 Å². The van der Waals surface area contributed by atoms with Crippen LogP contribution in [0.5, 0.6) is 0 Å². The van der Waals surface area contributed by atoms with E-state index in [9.17, 15) is 21.6 Å². The first-order chi connectivity index (χ1) is 9.22. The molecule has 0 N–H and O–H groups in total. The Kier molecular flexibility index (Phi) is 4.40. The second-order valence-electron chi connectivity index (χ2n) is 5.32. The van der Waals surface area contributed by atoms with Gasteiger partial charge in [-0.05, 0) is 20.8 Å². The zero-order valence-electron chi connectivity index (χ0n) is 12.3. The van der Waals surface area contributed by atoms with Crippen LogP contribution in [-0.4, -0.2) is 50.8 Å². The van der Waals surface area contributed by atoms with Crippen LogP contribution in [0.4, 0.5) is 10.6 Å². The van der Waals surface area contributed by atoms with Crippen LogP contribution >= 0.6 is 0 Å². The van der Waals surface area contributed by atoms with Gasteiger partial charge in [-0.25, -0.2) is 21.6 Å². The maximum Gasteiger partial charge on any atom is 0.435 e. The van der Waals surface area contributed by atoms with Gasteiger partial charge in [-0.2, -0.15) is 4.68 Å². The Balaban J connectivity index is 3.21. The minimum atomic E-state index is -4.11. The smallest absolute Gasteiger partial charge is 0.435 e. The Morgan fingerprint density at radius 3 is 2.05 bits per heavy atom. The summed E-state index contributed by atoms with van der Waals surface area (Å²) >= 11 is 0. The molecule has 1 aromatic heterocycles. The van der Waals surface area contributed by atoms with E-state index in [4.69, 9.17) is 4.74 Å². The van der Waals surface area contributed by atoms with Gasteiger partial charge in [0.2, 0.25) is 20.0 Å². The second-order valence-corrected chi connectivity index (χ2v) is 9.22. The van der Waals surface area contributed by atoms with E-state index in [1.807, 2.05) is 0 Å². The second kappa shape index (κ2) is 5.30. The Bertz CT molecular complexity index is 710. The summed E-state index contributed by atoms with van der Waals surface area (Å²) in [6.45, 7) is 4.94. The van der Waals surface area contributed by atoms with Crippen molar-refractivity contribution in [3.63, 3.8) is 0 Å². The number of anilines is 1. The van der Waals surface area contributed by atoms with E-state index in [0.717, 1.165) is 29.5 Å². The van der Waals surface area contributed by atoms with Crippen molar-refractivity contribution in [3.05, 3.63) is 12.3 Å². The summed E-state index contributed by atoms with van der Waals surface area (Å²) in [5.74, 6) is -0.411. The first-order valence-electron chi connectivity index (χ1n) is 5.71. The molecule has 1 rings (SSSR count). The minimum absolute atomic E-state index is 0.140. The summed E-state index contributed by atoms with van der Waals surface area (Å²) < 4.78 is 52.2. The fourth-order valence-electron chi connectivity index (χ4n) is 1.41. The summed E-state index contributed by atoms with van der Waals surface area (Å²) in [7, 11) is -8.21. The molecule has 0 atom stereocenters. The SMILES string of the molecule is CC(C)(C)OC(=O)n1ccc(N(S(C)(=O)=O)S(C)(=O)=O)n1. The van der Waals surface area contributed by atoms with E-state index in [1.54, 1.807) is 20.8 Å². The molecular formula is C10H17N3O6S2. The third kappa shape index (κ3) is 4.70. The van der Waals surface area contributed by atoms with Crippen LogP contribution < -0.4 is 3.71 Å². The molecule has 9 nitrogen and oxygen atoms in total. The molecule has 0 saturated heterocycles. The number of ether oxygens (including phenoxy) is 1. The van der Waals surface area contributed by atoms with Gasteiger partial charge in [0.25, 0.3) is 0 Å². The molecule has 0 aliphatic heterocycles. The van der Waals surface area contributed by atoms with E-state index >= 15 is 0 Å². The number of aromatic nitrogens is 2.